The molecule has 0 spiro atoms. The Balaban J connectivity index is 2.02. The van der Waals surface area contributed by atoms with Gasteiger partial charge >= 0.3 is 0 Å². The first-order valence-electron chi connectivity index (χ1n) is 7.90. The van der Waals surface area contributed by atoms with Crippen molar-refractivity contribution in [2.45, 2.75) is 0 Å². The standard InChI is InChI=1S/C19H16F2N2O3/c1-26-10-9-23-18(24)16(12-5-3-2-4-6-12)17(19(23)25)22-13-7-8-14(20)15(21)11-13/h2-8,11,22H,9-10H2,1H3. The second kappa shape index (κ2) is 7.45. The van der Waals surface area contributed by atoms with Crippen LogP contribution in [0, 0.1) is 11.6 Å². The number of anilines is 1. The molecule has 1 aliphatic rings. The molecule has 2 aromatic rings. The molecule has 1 N–H and O–H groups in total. The predicted molar refractivity (Wildman–Crippen MR) is 91.9 cm³/mol. The molecule has 0 aliphatic carbocycles. The number of benzene rings is 2. The summed E-state index contributed by atoms with van der Waals surface area (Å²) in [5, 5.41) is 2.76. The highest BCUT2D eigenvalue weighted by molar-refractivity contribution is 6.36. The summed E-state index contributed by atoms with van der Waals surface area (Å²) in [4.78, 5) is 26.5. The van der Waals surface area contributed by atoms with Crippen molar-refractivity contribution in [3.05, 3.63) is 71.4 Å². The number of imide groups is 1. The van der Waals surface area contributed by atoms with Crippen molar-refractivity contribution in [2.24, 2.45) is 0 Å². The molecule has 134 valence electrons. The lowest BCUT2D eigenvalue weighted by molar-refractivity contribution is -0.137. The van der Waals surface area contributed by atoms with Gasteiger partial charge in [-0.15, -0.1) is 0 Å². The van der Waals surface area contributed by atoms with Crippen molar-refractivity contribution in [1.29, 1.82) is 0 Å². The van der Waals surface area contributed by atoms with Gasteiger partial charge in [0, 0.05) is 18.9 Å². The zero-order valence-corrected chi connectivity index (χ0v) is 14.0. The van der Waals surface area contributed by atoms with Gasteiger partial charge in [0.25, 0.3) is 11.8 Å². The van der Waals surface area contributed by atoms with E-state index in [2.05, 4.69) is 5.32 Å². The molecule has 0 radical (unpaired) electrons. The minimum Gasteiger partial charge on any atom is -0.383 e. The Morgan fingerprint density at radius 1 is 1.00 bits per heavy atom. The molecule has 2 amide bonds. The van der Waals surface area contributed by atoms with E-state index < -0.39 is 23.4 Å². The van der Waals surface area contributed by atoms with Crippen molar-refractivity contribution in [3.8, 4) is 0 Å². The lowest BCUT2D eigenvalue weighted by Crippen LogP contribution is -2.35. The van der Waals surface area contributed by atoms with Gasteiger partial charge in [0.15, 0.2) is 11.6 Å². The van der Waals surface area contributed by atoms with E-state index >= 15 is 0 Å². The van der Waals surface area contributed by atoms with Gasteiger partial charge in [0.1, 0.15) is 5.70 Å². The van der Waals surface area contributed by atoms with Crippen molar-refractivity contribution in [1.82, 2.24) is 4.90 Å². The number of hydrogen-bond donors (Lipinski definition) is 1. The van der Waals surface area contributed by atoms with Gasteiger partial charge in [-0.25, -0.2) is 8.78 Å². The normalized spacial score (nSPS) is 14.3. The quantitative estimate of drug-likeness (QED) is 0.807. The summed E-state index contributed by atoms with van der Waals surface area (Å²) in [5.74, 6) is -3.06. The topological polar surface area (TPSA) is 58.6 Å². The fraction of sp³-hybridized carbons (Fsp3) is 0.158. The molecule has 1 heterocycles. The molecular weight excluding hydrogens is 342 g/mol. The number of ether oxygens (including phenoxy) is 1. The van der Waals surface area contributed by atoms with Gasteiger partial charge in [-0.2, -0.15) is 0 Å². The van der Waals surface area contributed by atoms with E-state index in [9.17, 15) is 18.4 Å². The van der Waals surface area contributed by atoms with Crippen LogP contribution in [-0.2, 0) is 14.3 Å². The van der Waals surface area contributed by atoms with Crippen LogP contribution >= 0.6 is 0 Å². The molecular formula is C19H16F2N2O3. The molecule has 1 aliphatic heterocycles. The molecule has 7 heteroatoms. The maximum Gasteiger partial charge on any atom is 0.278 e. The average Bonchev–Trinajstić information content (AvgIpc) is 2.87. The van der Waals surface area contributed by atoms with Crippen molar-refractivity contribution < 1.29 is 23.1 Å². The van der Waals surface area contributed by atoms with Crippen molar-refractivity contribution in [2.75, 3.05) is 25.6 Å². The average molecular weight is 358 g/mol. The molecule has 0 aromatic heterocycles. The number of amides is 2. The van der Waals surface area contributed by atoms with Crippen LogP contribution in [0.25, 0.3) is 5.57 Å². The van der Waals surface area contributed by atoms with Crippen LogP contribution in [0.3, 0.4) is 0 Å². The second-order valence-electron chi connectivity index (χ2n) is 5.62. The van der Waals surface area contributed by atoms with Crippen LogP contribution < -0.4 is 5.32 Å². The maximum absolute atomic E-state index is 13.5. The monoisotopic (exact) mass is 358 g/mol. The Labute approximate surface area is 148 Å². The highest BCUT2D eigenvalue weighted by Crippen LogP contribution is 2.30. The number of methoxy groups -OCH3 is 1. The summed E-state index contributed by atoms with van der Waals surface area (Å²) < 4.78 is 31.6. The third-order valence-corrected chi connectivity index (χ3v) is 3.94. The molecule has 0 saturated heterocycles. The van der Waals surface area contributed by atoms with E-state index in [0.29, 0.717) is 5.56 Å². The van der Waals surface area contributed by atoms with Gasteiger partial charge in [0.05, 0.1) is 18.7 Å². The maximum atomic E-state index is 13.5. The molecule has 26 heavy (non-hydrogen) atoms. The van der Waals surface area contributed by atoms with Crippen LogP contribution in [-0.4, -0.2) is 37.0 Å². The lowest BCUT2D eigenvalue weighted by Gasteiger charge is -2.14. The van der Waals surface area contributed by atoms with Gasteiger partial charge < -0.3 is 10.1 Å². The van der Waals surface area contributed by atoms with E-state index in [0.717, 1.165) is 17.0 Å². The molecule has 5 nitrogen and oxygen atoms in total. The Hall–Kier alpha value is -3.06. The fourth-order valence-corrected chi connectivity index (χ4v) is 2.67. The number of nitrogens with one attached hydrogen (secondary N) is 1. The first-order valence-corrected chi connectivity index (χ1v) is 7.90. The van der Waals surface area contributed by atoms with E-state index in [-0.39, 0.29) is 30.1 Å². The number of nitrogens with zero attached hydrogens (tertiary/aromatic N) is 1. The highest BCUT2D eigenvalue weighted by atomic mass is 19.2. The highest BCUT2D eigenvalue weighted by Gasteiger charge is 2.38. The minimum atomic E-state index is -1.05. The van der Waals surface area contributed by atoms with Gasteiger partial charge in [-0.1, -0.05) is 30.3 Å². The number of hydrogen-bond acceptors (Lipinski definition) is 4. The van der Waals surface area contributed by atoms with Crippen LogP contribution in [0.15, 0.2) is 54.2 Å². The third kappa shape index (κ3) is 3.34. The molecule has 0 unspecified atom stereocenters. The van der Waals surface area contributed by atoms with Gasteiger partial charge in [0.2, 0.25) is 0 Å². The van der Waals surface area contributed by atoms with E-state index in [1.54, 1.807) is 30.3 Å². The predicted octanol–water partition coefficient (Wildman–Crippen LogP) is 2.80. The first kappa shape index (κ1) is 17.8. The van der Waals surface area contributed by atoms with E-state index in [4.69, 9.17) is 4.74 Å². The zero-order chi connectivity index (χ0) is 18.7. The van der Waals surface area contributed by atoms with Crippen LogP contribution in [0.1, 0.15) is 5.56 Å². The van der Waals surface area contributed by atoms with Crippen molar-refractivity contribution >= 4 is 23.1 Å². The lowest BCUT2D eigenvalue weighted by atomic mass is 10.0. The first-order chi connectivity index (χ1) is 12.5. The molecule has 0 saturated carbocycles. The van der Waals surface area contributed by atoms with Crippen molar-refractivity contribution in [3.63, 3.8) is 0 Å². The number of carbonyl (C=O) groups excluding carboxylic acids is 2. The summed E-state index contributed by atoms with van der Waals surface area (Å²) in [7, 11) is 1.47. The Bertz CT molecular complexity index is 882. The molecule has 0 bridgehead atoms. The SMILES string of the molecule is COCCN1C(=O)C(Nc2ccc(F)c(F)c2)=C(c2ccccc2)C1=O. The fourth-order valence-electron chi connectivity index (χ4n) is 2.67. The van der Waals surface area contributed by atoms with E-state index in [1.807, 2.05) is 0 Å². The smallest absolute Gasteiger partial charge is 0.278 e. The van der Waals surface area contributed by atoms with E-state index in [1.165, 1.54) is 13.2 Å². The molecule has 0 atom stereocenters. The second-order valence-corrected chi connectivity index (χ2v) is 5.62. The van der Waals surface area contributed by atoms with Crippen LogP contribution in [0.4, 0.5) is 14.5 Å². The summed E-state index contributed by atoms with van der Waals surface area (Å²) in [6.45, 7) is 0.283. The molecule has 0 fully saturated rings. The zero-order valence-electron chi connectivity index (χ0n) is 14.0. The summed E-state index contributed by atoms with van der Waals surface area (Å²) in [6, 6.07) is 11.9. The summed E-state index contributed by atoms with van der Waals surface area (Å²) >= 11 is 0. The number of halogens is 2. The largest absolute Gasteiger partial charge is 0.383 e. The Kier molecular flexibility index (Phi) is 5.09. The Morgan fingerprint density at radius 3 is 2.38 bits per heavy atom. The number of rotatable bonds is 6. The summed E-state index contributed by atoms with van der Waals surface area (Å²) in [5.41, 5.74) is 0.915. The summed E-state index contributed by atoms with van der Waals surface area (Å²) in [6.07, 6.45) is 0. The Morgan fingerprint density at radius 2 is 1.73 bits per heavy atom. The number of carbonyl (C=O) groups is 2. The minimum absolute atomic E-state index is 0.0170. The molecule has 3 rings (SSSR count). The van der Waals surface area contributed by atoms with Gasteiger partial charge in [-0.3, -0.25) is 14.5 Å². The van der Waals surface area contributed by atoms with Crippen LogP contribution in [0.5, 0.6) is 0 Å². The third-order valence-electron chi connectivity index (χ3n) is 3.94. The molecule has 2 aromatic carbocycles. The van der Waals surface area contributed by atoms with Crippen LogP contribution in [0.2, 0.25) is 0 Å². The van der Waals surface area contributed by atoms with Gasteiger partial charge in [-0.05, 0) is 17.7 Å².